The summed E-state index contributed by atoms with van der Waals surface area (Å²) in [7, 11) is 0. The van der Waals surface area contributed by atoms with E-state index in [0.29, 0.717) is 0 Å². The van der Waals surface area contributed by atoms with E-state index in [9.17, 15) is 13.6 Å². The molecule has 1 heterocycles. The van der Waals surface area contributed by atoms with Crippen LogP contribution < -0.4 is 35.0 Å². The van der Waals surface area contributed by atoms with E-state index in [4.69, 9.17) is 0 Å². The number of aromatic nitrogens is 1. The Morgan fingerprint density at radius 1 is 1.55 bits per heavy atom. The first-order valence-electron chi connectivity index (χ1n) is 2.48. The molecule has 0 aliphatic rings. The fourth-order valence-electron chi connectivity index (χ4n) is 0.531. The molecule has 1 atom stereocenters. The molecule has 1 N–H and O–H groups in total. The fraction of sp³-hybridized carbons (Fsp3) is 0. The maximum Gasteiger partial charge on any atom is 1.00 e. The van der Waals surface area contributed by atoms with Crippen molar-refractivity contribution in [2.75, 3.05) is 0 Å². The molecule has 0 bridgehead atoms. The van der Waals surface area contributed by atoms with Gasteiger partial charge in [0.2, 0.25) is 0 Å². The molecule has 0 aromatic carbocycles. The van der Waals surface area contributed by atoms with E-state index in [1.807, 2.05) is 0 Å². The van der Waals surface area contributed by atoms with Crippen molar-refractivity contribution in [2.45, 2.75) is 4.90 Å². The summed E-state index contributed by atoms with van der Waals surface area (Å²) in [4.78, 5) is 12.9. The monoisotopic (exact) mass is 181 g/mol. The molecule has 0 saturated carbocycles. The molecule has 6 heteroatoms. The SMILES string of the molecule is O=c1cc[nH]cc1S(=O)[O-].[Na+]. The zero-order chi connectivity index (χ0) is 7.56. The van der Waals surface area contributed by atoms with Crippen LogP contribution in [0.4, 0.5) is 0 Å². The molecule has 0 amide bonds. The molecule has 1 aromatic heterocycles. The van der Waals surface area contributed by atoms with Gasteiger partial charge in [-0.15, -0.1) is 0 Å². The zero-order valence-electron chi connectivity index (χ0n) is 5.87. The third-order valence-electron chi connectivity index (χ3n) is 0.968. The minimum atomic E-state index is -2.43. The Labute approximate surface area is 87.6 Å². The zero-order valence-corrected chi connectivity index (χ0v) is 8.68. The van der Waals surface area contributed by atoms with E-state index in [2.05, 4.69) is 4.98 Å². The molecule has 54 valence electrons. The molecule has 0 radical (unpaired) electrons. The van der Waals surface area contributed by atoms with Crippen molar-refractivity contribution < 1.29 is 38.3 Å². The summed E-state index contributed by atoms with van der Waals surface area (Å²) in [5, 5.41) is 0. The summed E-state index contributed by atoms with van der Waals surface area (Å²) in [5.41, 5.74) is -0.493. The molecule has 0 aliphatic heterocycles. The van der Waals surface area contributed by atoms with Crippen LogP contribution in [0.5, 0.6) is 0 Å². The van der Waals surface area contributed by atoms with Gasteiger partial charge >= 0.3 is 29.6 Å². The summed E-state index contributed by atoms with van der Waals surface area (Å²) in [6.07, 6.45) is 2.52. The van der Waals surface area contributed by atoms with Crippen molar-refractivity contribution in [3.05, 3.63) is 28.7 Å². The topological polar surface area (TPSA) is 73.0 Å². The minimum absolute atomic E-state index is 0. The number of hydrogen-bond acceptors (Lipinski definition) is 3. The van der Waals surface area contributed by atoms with E-state index in [-0.39, 0.29) is 34.5 Å². The number of hydrogen-bond donors (Lipinski definition) is 1. The predicted molar refractivity (Wildman–Crippen MR) is 34.2 cm³/mol. The summed E-state index contributed by atoms with van der Waals surface area (Å²) >= 11 is -2.43. The molecule has 1 aromatic rings. The van der Waals surface area contributed by atoms with Crippen molar-refractivity contribution in [2.24, 2.45) is 0 Å². The van der Waals surface area contributed by atoms with Crippen LogP contribution in [-0.2, 0) is 11.1 Å². The van der Waals surface area contributed by atoms with Crippen LogP contribution in [0.2, 0.25) is 0 Å². The molecule has 4 nitrogen and oxygen atoms in total. The molecular formula is C5H4NNaO3S. The van der Waals surface area contributed by atoms with Crippen LogP contribution in [0.15, 0.2) is 28.2 Å². The van der Waals surface area contributed by atoms with E-state index < -0.39 is 16.5 Å². The van der Waals surface area contributed by atoms with Gasteiger partial charge in [-0.25, -0.2) is 0 Å². The van der Waals surface area contributed by atoms with E-state index in [1.165, 1.54) is 6.20 Å². The van der Waals surface area contributed by atoms with Gasteiger partial charge in [0.05, 0.1) is 4.90 Å². The van der Waals surface area contributed by atoms with Crippen molar-refractivity contribution in [1.82, 2.24) is 4.98 Å². The normalized spacial score (nSPS) is 11.7. The van der Waals surface area contributed by atoms with Crippen molar-refractivity contribution in [1.29, 1.82) is 0 Å². The Morgan fingerprint density at radius 3 is 2.55 bits per heavy atom. The number of aromatic amines is 1. The van der Waals surface area contributed by atoms with Crippen LogP contribution in [0, 0.1) is 0 Å². The van der Waals surface area contributed by atoms with Gasteiger partial charge in [0.15, 0.2) is 5.43 Å². The van der Waals surface area contributed by atoms with Gasteiger partial charge in [0, 0.05) is 18.5 Å². The molecule has 0 saturated heterocycles. The summed E-state index contributed by atoms with van der Waals surface area (Å²) < 4.78 is 20.4. The molecule has 0 spiro atoms. The van der Waals surface area contributed by atoms with Gasteiger partial charge in [0.25, 0.3) is 0 Å². The van der Waals surface area contributed by atoms with Crippen molar-refractivity contribution >= 4 is 11.1 Å². The Morgan fingerprint density at radius 2 is 2.18 bits per heavy atom. The number of H-pyrrole nitrogens is 1. The Bertz CT molecular complexity index is 311. The van der Waals surface area contributed by atoms with Gasteiger partial charge in [-0.05, 0) is 11.1 Å². The van der Waals surface area contributed by atoms with Gasteiger partial charge in [0.1, 0.15) is 0 Å². The molecular weight excluding hydrogens is 177 g/mol. The first kappa shape index (κ1) is 11.1. The molecule has 11 heavy (non-hydrogen) atoms. The second-order valence-corrected chi connectivity index (χ2v) is 2.52. The number of rotatable bonds is 1. The third-order valence-corrected chi connectivity index (χ3v) is 1.65. The summed E-state index contributed by atoms with van der Waals surface area (Å²) in [6.45, 7) is 0. The first-order chi connectivity index (χ1) is 4.72. The fourth-order valence-corrected chi connectivity index (χ4v) is 0.928. The first-order valence-corrected chi connectivity index (χ1v) is 3.55. The average molecular weight is 181 g/mol. The Hall–Kier alpha value is 0.0600. The Kier molecular flexibility index (Phi) is 4.87. The maximum atomic E-state index is 10.6. The number of pyridine rings is 1. The van der Waals surface area contributed by atoms with Crippen molar-refractivity contribution in [3.8, 4) is 0 Å². The Balaban J connectivity index is 0.000001000. The number of nitrogens with one attached hydrogen (secondary N) is 1. The standard InChI is InChI=1S/C5H5NO3S.Na/c7-4-1-2-6-3-5(4)10(8)9;/h1-3H,(H,6,7)(H,8,9);/q;+1/p-1. The summed E-state index contributed by atoms with van der Waals surface area (Å²) in [6, 6.07) is 1.16. The van der Waals surface area contributed by atoms with Gasteiger partial charge < -0.3 is 9.54 Å². The average Bonchev–Trinajstić information content (AvgIpc) is 1.88. The van der Waals surface area contributed by atoms with E-state index >= 15 is 0 Å². The van der Waals surface area contributed by atoms with Gasteiger partial charge in [-0.1, -0.05) is 0 Å². The second-order valence-electron chi connectivity index (χ2n) is 1.61. The minimum Gasteiger partial charge on any atom is -0.768 e. The largest absolute Gasteiger partial charge is 1.00 e. The molecule has 1 unspecified atom stereocenters. The van der Waals surface area contributed by atoms with Gasteiger partial charge in [-0.3, -0.25) is 9.00 Å². The van der Waals surface area contributed by atoms with Crippen LogP contribution in [0.3, 0.4) is 0 Å². The van der Waals surface area contributed by atoms with Crippen LogP contribution in [0.1, 0.15) is 0 Å². The summed E-state index contributed by atoms with van der Waals surface area (Å²) in [5.74, 6) is 0. The van der Waals surface area contributed by atoms with Crippen LogP contribution in [0.25, 0.3) is 0 Å². The van der Waals surface area contributed by atoms with Crippen molar-refractivity contribution in [3.63, 3.8) is 0 Å². The molecule has 0 fully saturated rings. The molecule has 0 aliphatic carbocycles. The van der Waals surface area contributed by atoms with E-state index in [0.717, 1.165) is 12.3 Å². The third kappa shape index (κ3) is 2.88. The second kappa shape index (κ2) is 4.84. The molecule has 1 rings (SSSR count). The smallest absolute Gasteiger partial charge is 0.768 e. The van der Waals surface area contributed by atoms with E-state index in [1.54, 1.807) is 0 Å². The predicted octanol–water partition coefficient (Wildman–Crippen LogP) is -3.38. The maximum absolute atomic E-state index is 10.6. The van der Waals surface area contributed by atoms with Crippen LogP contribution in [-0.4, -0.2) is 13.7 Å². The van der Waals surface area contributed by atoms with Crippen LogP contribution >= 0.6 is 0 Å². The van der Waals surface area contributed by atoms with Gasteiger partial charge in [-0.2, -0.15) is 0 Å². The quantitative estimate of drug-likeness (QED) is 0.363.